The van der Waals surface area contributed by atoms with Crippen molar-refractivity contribution in [3.8, 4) is 0 Å². The average molecular weight is 566 g/mol. The van der Waals surface area contributed by atoms with Crippen LogP contribution in [0.15, 0.2) is 54.7 Å². The third-order valence-corrected chi connectivity index (χ3v) is 5.10. The van der Waals surface area contributed by atoms with Crippen LogP contribution in [0.1, 0.15) is 42.3 Å². The Morgan fingerprint density at radius 2 is 1.60 bits per heavy atom. The van der Waals surface area contributed by atoms with Crippen molar-refractivity contribution in [2.24, 2.45) is 5.73 Å². The number of rotatable bonds is 6. The van der Waals surface area contributed by atoms with Crippen LogP contribution in [-0.2, 0) is 27.3 Å². The van der Waals surface area contributed by atoms with E-state index in [2.05, 4.69) is 21.2 Å². The number of nitrogens with two attached hydrogens (primary N) is 1. The van der Waals surface area contributed by atoms with Crippen LogP contribution >= 0.6 is 0 Å². The minimum absolute atomic E-state index is 0.191. The zero-order valence-electron chi connectivity index (χ0n) is 21.9. The number of hydrazine groups is 1. The third-order valence-electron chi connectivity index (χ3n) is 5.10. The Hall–Kier alpha value is -4.59. The van der Waals surface area contributed by atoms with Crippen LogP contribution in [0.3, 0.4) is 0 Å². The van der Waals surface area contributed by atoms with E-state index in [0.717, 1.165) is 22.0 Å². The number of halogens is 3. The lowest BCUT2D eigenvalue weighted by Gasteiger charge is -2.23. The van der Waals surface area contributed by atoms with E-state index in [4.69, 9.17) is 20.4 Å². The molecule has 2 aromatic carbocycles. The fourth-order valence-corrected chi connectivity index (χ4v) is 3.25. The number of carbonyl (C=O) groups is 4. The van der Waals surface area contributed by atoms with E-state index in [1.807, 2.05) is 24.3 Å². The zero-order chi connectivity index (χ0) is 30.1. The van der Waals surface area contributed by atoms with Gasteiger partial charge in [0, 0.05) is 35.6 Å². The van der Waals surface area contributed by atoms with Crippen molar-refractivity contribution < 1.29 is 42.2 Å². The molecule has 0 unspecified atom stereocenters. The first-order valence-electron chi connectivity index (χ1n) is 11.8. The molecule has 216 valence electrons. The number of para-hydroxylation sites is 1. The molecule has 3 rings (SSSR count). The summed E-state index contributed by atoms with van der Waals surface area (Å²) in [5, 5.41) is 10.7. The summed E-state index contributed by atoms with van der Waals surface area (Å²) < 4.78 is 37.0. The van der Waals surface area contributed by atoms with E-state index in [-0.39, 0.29) is 6.42 Å². The van der Waals surface area contributed by atoms with Gasteiger partial charge in [0.25, 0.3) is 11.8 Å². The summed E-state index contributed by atoms with van der Waals surface area (Å²) in [6, 6.07) is 13.4. The lowest BCUT2D eigenvalue weighted by molar-refractivity contribution is -0.192. The number of alkyl carbamates (subject to hydrolysis) is 1. The van der Waals surface area contributed by atoms with Crippen LogP contribution in [-0.4, -0.2) is 51.8 Å². The molecule has 7 N–H and O–H groups in total. The molecule has 1 aromatic heterocycles. The number of aromatic nitrogens is 1. The summed E-state index contributed by atoms with van der Waals surface area (Å²) in [6.45, 7) is 5.57. The van der Waals surface area contributed by atoms with E-state index in [1.54, 1.807) is 51.2 Å². The van der Waals surface area contributed by atoms with Crippen molar-refractivity contribution in [2.75, 3.05) is 0 Å². The van der Waals surface area contributed by atoms with Gasteiger partial charge in [-0.15, -0.1) is 0 Å². The van der Waals surface area contributed by atoms with Gasteiger partial charge in [-0.25, -0.2) is 9.59 Å². The van der Waals surface area contributed by atoms with Crippen LogP contribution in [0.4, 0.5) is 18.0 Å². The van der Waals surface area contributed by atoms with Crippen molar-refractivity contribution in [1.29, 1.82) is 0 Å². The molecule has 0 radical (unpaired) electrons. The second-order valence-corrected chi connectivity index (χ2v) is 9.41. The van der Waals surface area contributed by atoms with Gasteiger partial charge in [0.05, 0.1) is 0 Å². The molecule has 0 fully saturated rings. The van der Waals surface area contributed by atoms with Crippen molar-refractivity contribution in [1.82, 2.24) is 21.2 Å². The van der Waals surface area contributed by atoms with Gasteiger partial charge < -0.3 is 25.9 Å². The number of alkyl halides is 3. The number of benzene rings is 2. The lowest BCUT2D eigenvalue weighted by atomic mass is 10.0. The maximum atomic E-state index is 12.9. The predicted octanol–water partition coefficient (Wildman–Crippen LogP) is 3.16. The molecule has 0 saturated carbocycles. The number of aromatic amines is 1. The molecule has 0 aliphatic carbocycles. The molecule has 0 spiro atoms. The first-order chi connectivity index (χ1) is 18.6. The number of amides is 3. The van der Waals surface area contributed by atoms with Gasteiger partial charge in [-0.2, -0.15) is 13.2 Å². The van der Waals surface area contributed by atoms with E-state index < -0.39 is 41.7 Å². The van der Waals surface area contributed by atoms with Crippen LogP contribution in [0.25, 0.3) is 10.9 Å². The molecule has 11 nitrogen and oxygen atoms in total. The highest BCUT2D eigenvalue weighted by molar-refractivity contribution is 5.96. The molecule has 0 bridgehead atoms. The smallest absolute Gasteiger partial charge is 0.475 e. The largest absolute Gasteiger partial charge is 0.490 e. The van der Waals surface area contributed by atoms with E-state index in [9.17, 15) is 27.6 Å². The fourth-order valence-electron chi connectivity index (χ4n) is 3.25. The van der Waals surface area contributed by atoms with Gasteiger partial charge in [0.1, 0.15) is 11.6 Å². The topological polar surface area (TPSA) is 176 Å². The number of nitrogens with one attached hydrogen (secondary N) is 4. The van der Waals surface area contributed by atoms with Gasteiger partial charge in [-0.1, -0.05) is 30.3 Å². The third kappa shape index (κ3) is 9.94. The molecule has 3 amide bonds. The Morgan fingerprint density at radius 1 is 1.00 bits per heavy atom. The normalized spacial score (nSPS) is 12.0. The molecule has 0 aliphatic heterocycles. The van der Waals surface area contributed by atoms with E-state index >= 15 is 0 Å². The molecule has 40 heavy (non-hydrogen) atoms. The van der Waals surface area contributed by atoms with E-state index in [1.165, 1.54) is 0 Å². The number of carboxylic acids is 1. The van der Waals surface area contributed by atoms with Gasteiger partial charge in [-0.3, -0.25) is 20.4 Å². The van der Waals surface area contributed by atoms with Gasteiger partial charge >= 0.3 is 18.2 Å². The van der Waals surface area contributed by atoms with Crippen molar-refractivity contribution in [2.45, 2.75) is 51.6 Å². The van der Waals surface area contributed by atoms with Crippen LogP contribution in [0.2, 0.25) is 0 Å². The molecule has 3 aromatic rings. The zero-order valence-corrected chi connectivity index (χ0v) is 21.9. The van der Waals surface area contributed by atoms with Gasteiger partial charge in [0.2, 0.25) is 0 Å². The number of ether oxygens (including phenoxy) is 1. The summed E-state index contributed by atoms with van der Waals surface area (Å²) in [6.07, 6.45) is -3.83. The van der Waals surface area contributed by atoms with E-state index in [0.29, 0.717) is 12.1 Å². The van der Waals surface area contributed by atoms with Crippen molar-refractivity contribution in [3.05, 3.63) is 71.4 Å². The van der Waals surface area contributed by atoms with Crippen molar-refractivity contribution in [3.63, 3.8) is 0 Å². The minimum Gasteiger partial charge on any atom is -0.475 e. The second-order valence-electron chi connectivity index (χ2n) is 9.41. The summed E-state index contributed by atoms with van der Waals surface area (Å²) in [5.74, 6) is -3.83. The van der Waals surface area contributed by atoms with Gasteiger partial charge in [-0.05, 0) is 50.1 Å². The highest BCUT2D eigenvalue weighted by Gasteiger charge is 2.38. The quantitative estimate of drug-likeness (QED) is 0.249. The Labute approximate surface area is 227 Å². The molecular formula is C26H30F3N5O6. The monoisotopic (exact) mass is 565 g/mol. The summed E-state index contributed by atoms with van der Waals surface area (Å²) in [4.78, 5) is 49.7. The molecule has 1 heterocycles. The number of hydrogen-bond donors (Lipinski definition) is 6. The Kier molecular flexibility index (Phi) is 10.6. The highest BCUT2D eigenvalue weighted by Crippen LogP contribution is 2.19. The average Bonchev–Trinajstić information content (AvgIpc) is 3.28. The number of H-pyrrole nitrogens is 1. The Bertz CT molecular complexity index is 1330. The van der Waals surface area contributed by atoms with Crippen molar-refractivity contribution >= 4 is 34.8 Å². The summed E-state index contributed by atoms with van der Waals surface area (Å²) in [5.41, 5.74) is 12.6. The molecule has 1 atom stereocenters. The molecule has 0 aliphatic rings. The maximum absolute atomic E-state index is 12.9. The number of hydrogen-bond acceptors (Lipinski definition) is 6. The maximum Gasteiger partial charge on any atom is 0.490 e. The number of carboxylic acid groups (broad SMARTS) is 1. The summed E-state index contributed by atoms with van der Waals surface area (Å²) >= 11 is 0. The Morgan fingerprint density at radius 3 is 2.15 bits per heavy atom. The molecular weight excluding hydrogens is 535 g/mol. The van der Waals surface area contributed by atoms with Crippen LogP contribution in [0.5, 0.6) is 0 Å². The molecule has 0 saturated heterocycles. The first-order valence-corrected chi connectivity index (χ1v) is 11.8. The first kappa shape index (κ1) is 31.6. The number of carbonyl (C=O) groups excluding carboxylic acids is 3. The highest BCUT2D eigenvalue weighted by atomic mass is 19.4. The number of fused-ring (bicyclic) bond motifs is 1. The second kappa shape index (κ2) is 13.5. The van der Waals surface area contributed by atoms with Gasteiger partial charge in [0.15, 0.2) is 0 Å². The fraction of sp³-hybridized carbons (Fsp3) is 0.308. The van der Waals surface area contributed by atoms with Crippen LogP contribution in [0, 0.1) is 0 Å². The van der Waals surface area contributed by atoms with Crippen LogP contribution < -0.4 is 21.9 Å². The standard InChI is InChI=1S/C24H29N5O4.C2HF3O2/c1-24(2,3)33-23(32)27-20(12-17-14-26-19-7-5-4-6-18(17)19)22(31)29-28-21(30)16-10-8-15(13-25)9-11-16;3-2(4,5)1(6)7/h4-11,14,20,26H,12-13,25H2,1-3H3,(H,27,32)(H,28,30)(H,29,31);(H,6,7)/t20-;/m1./s1. The predicted molar refractivity (Wildman–Crippen MR) is 139 cm³/mol. The molecule has 14 heteroatoms. The lowest BCUT2D eigenvalue weighted by Crippen LogP contribution is -2.53. The number of aliphatic carboxylic acids is 1. The minimum atomic E-state index is -5.08. The SMILES string of the molecule is CC(C)(C)OC(=O)N[C@H](Cc1c[nH]c2ccccc12)C(=O)NNC(=O)c1ccc(CN)cc1.O=C(O)C(F)(F)F. The Balaban J connectivity index is 0.000000708. The summed E-state index contributed by atoms with van der Waals surface area (Å²) in [7, 11) is 0.